The third-order valence-electron chi connectivity index (χ3n) is 3.80. The highest BCUT2D eigenvalue weighted by molar-refractivity contribution is 8.22. The van der Waals surface area contributed by atoms with Gasteiger partial charge in [-0.2, -0.15) is 0 Å². The van der Waals surface area contributed by atoms with Crippen molar-refractivity contribution in [1.29, 1.82) is 0 Å². The summed E-state index contributed by atoms with van der Waals surface area (Å²) in [7, 11) is 0. The molecule has 3 aliphatic heterocycles. The van der Waals surface area contributed by atoms with Crippen molar-refractivity contribution in [3.63, 3.8) is 0 Å². The number of benzene rings is 1. The quantitative estimate of drug-likeness (QED) is 0.638. The van der Waals surface area contributed by atoms with Crippen LogP contribution in [0.2, 0.25) is 0 Å². The summed E-state index contributed by atoms with van der Waals surface area (Å²) in [5.74, 6) is 0. The van der Waals surface area contributed by atoms with E-state index in [0.29, 0.717) is 0 Å². The topological polar surface area (TPSA) is 0 Å². The molecule has 1 aromatic carbocycles. The zero-order valence-electron chi connectivity index (χ0n) is 9.25. The van der Waals surface area contributed by atoms with Crippen LogP contribution in [-0.2, 0) is 4.08 Å². The monoisotopic (exact) mass is 304 g/mol. The highest BCUT2D eigenvalue weighted by Crippen LogP contribution is 2.74. The van der Waals surface area contributed by atoms with Crippen LogP contribution in [0.4, 0.5) is 0 Å². The van der Waals surface area contributed by atoms with Gasteiger partial charge in [0.25, 0.3) is 0 Å². The van der Waals surface area contributed by atoms with Crippen LogP contribution in [0.1, 0.15) is 5.56 Å². The number of thioether (sulfide) groups is 3. The molecule has 1 aromatic heterocycles. The normalized spacial score (nSPS) is 35.1. The van der Waals surface area contributed by atoms with E-state index in [1.54, 1.807) is 0 Å². The zero-order chi connectivity index (χ0) is 11.8. The Morgan fingerprint density at radius 1 is 1.00 bits per heavy atom. The SMILES string of the molecule is C1=CC23C=CSC2(S1)c1cc2sccc2cc1S3. The summed E-state index contributed by atoms with van der Waals surface area (Å²) in [4.78, 5) is 1.47. The average Bonchev–Trinajstić information content (AvgIpc) is 2.99. The van der Waals surface area contributed by atoms with Gasteiger partial charge in [-0.15, -0.1) is 46.6 Å². The zero-order valence-corrected chi connectivity index (χ0v) is 12.5. The van der Waals surface area contributed by atoms with Gasteiger partial charge in [-0.1, -0.05) is 12.2 Å². The molecule has 0 radical (unpaired) electrons. The van der Waals surface area contributed by atoms with Crippen LogP contribution in [0.15, 0.2) is 51.4 Å². The molecule has 0 amide bonds. The van der Waals surface area contributed by atoms with Gasteiger partial charge in [0, 0.05) is 9.60 Å². The lowest BCUT2D eigenvalue weighted by Crippen LogP contribution is -2.30. The number of thiophene rings is 1. The summed E-state index contributed by atoms with van der Waals surface area (Å²) in [5, 5.41) is 8.14. The number of hydrogen-bond donors (Lipinski definition) is 0. The summed E-state index contributed by atoms with van der Waals surface area (Å²) < 4.78 is 1.75. The molecule has 3 aliphatic rings. The van der Waals surface area contributed by atoms with E-state index >= 15 is 0 Å². The molecule has 0 N–H and O–H groups in total. The molecule has 0 nitrogen and oxygen atoms in total. The fraction of sp³-hybridized carbons (Fsp3) is 0.143. The Kier molecular flexibility index (Phi) is 1.89. The Bertz CT molecular complexity index is 721. The Labute approximate surface area is 122 Å². The van der Waals surface area contributed by atoms with E-state index in [-0.39, 0.29) is 8.83 Å². The summed E-state index contributed by atoms with van der Waals surface area (Å²) in [6, 6.07) is 7.03. The standard InChI is InChI=1S/C14H8S4/c1-4-15-11-8-10-12(7-9(1)11)18-13-2-5-16-14(10,13)17-6-3-13/h1-8H. The molecule has 4 heteroatoms. The van der Waals surface area contributed by atoms with E-state index in [4.69, 9.17) is 0 Å². The first-order valence-corrected chi connectivity index (χ1v) is 9.20. The van der Waals surface area contributed by atoms with Crippen molar-refractivity contribution >= 4 is 56.7 Å². The lowest BCUT2D eigenvalue weighted by Gasteiger charge is -2.30. The minimum absolute atomic E-state index is 0.161. The minimum atomic E-state index is 0.161. The summed E-state index contributed by atoms with van der Waals surface area (Å²) in [5.41, 5.74) is 1.52. The molecule has 0 fully saturated rings. The van der Waals surface area contributed by atoms with E-state index < -0.39 is 0 Å². The van der Waals surface area contributed by atoms with Crippen molar-refractivity contribution in [3.8, 4) is 0 Å². The fourth-order valence-corrected chi connectivity index (χ4v) is 8.71. The van der Waals surface area contributed by atoms with Gasteiger partial charge in [-0.05, 0) is 45.3 Å². The second-order valence-electron chi connectivity index (χ2n) is 4.66. The molecular formula is C14H8S4. The predicted molar refractivity (Wildman–Crippen MR) is 85.6 cm³/mol. The van der Waals surface area contributed by atoms with Gasteiger partial charge in [0.15, 0.2) is 0 Å². The van der Waals surface area contributed by atoms with Crippen LogP contribution in [0.3, 0.4) is 0 Å². The van der Waals surface area contributed by atoms with Gasteiger partial charge >= 0.3 is 0 Å². The lowest BCUT2D eigenvalue weighted by molar-refractivity contribution is 0.829. The number of rotatable bonds is 0. The maximum absolute atomic E-state index is 2.42. The van der Waals surface area contributed by atoms with Gasteiger partial charge < -0.3 is 0 Å². The molecule has 0 spiro atoms. The van der Waals surface area contributed by atoms with Crippen molar-refractivity contribution in [2.75, 3.05) is 0 Å². The molecule has 0 atom stereocenters. The fourth-order valence-electron chi connectivity index (χ4n) is 2.93. The summed E-state index contributed by atoms with van der Waals surface area (Å²) in [6.45, 7) is 0. The Morgan fingerprint density at radius 3 is 2.67 bits per heavy atom. The third kappa shape index (κ3) is 1.02. The Morgan fingerprint density at radius 2 is 1.83 bits per heavy atom. The molecule has 0 saturated carbocycles. The molecule has 2 aromatic rings. The summed E-state index contributed by atoms with van der Waals surface area (Å²) >= 11 is 7.83. The minimum Gasteiger partial charge on any atom is -0.144 e. The molecule has 0 bridgehead atoms. The molecule has 4 heterocycles. The lowest BCUT2D eigenvalue weighted by atomic mass is 9.98. The molecule has 88 valence electrons. The molecule has 0 aliphatic carbocycles. The maximum atomic E-state index is 2.42. The van der Waals surface area contributed by atoms with Crippen LogP contribution >= 0.6 is 46.6 Å². The van der Waals surface area contributed by atoms with E-state index in [0.717, 1.165) is 0 Å². The van der Waals surface area contributed by atoms with Crippen molar-refractivity contribution in [2.24, 2.45) is 0 Å². The molecular weight excluding hydrogens is 296 g/mol. The predicted octanol–water partition coefficient (Wildman–Crippen LogP) is 5.42. The van der Waals surface area contributed by atoms with Gasteiger partial charge in [-0.3, -0.25) is 0 Å². The first-order chi connectivity index (χ1) is 8.83. The van der Waals surface area contributed by atoms with Gasteiger partial charge in [0.2, 0.25) is 0 Å². The van der Waals surface area contributed by atoms with Crippen molar-refractivity contribution in [3.05, 3.63) is 52.1 Å². The van der Waals surface area contributed by atoms with Crippen LogP contribution < -0.4 is 0 Å². The molecule has 5 rings (SSSR count). The third-order valence-corrected chi connectivity index (χ3v) is 9.31. The smallest absolute Gasteiger partial charge is 0.117 e. The number of fused-ring (bicyclic) bond motifs is 2. The van der Waals surface area contributed by atoms with E-state index in [1.807, 2.05) is 46.6 Å². The van der Waals surface area contributed by atoms with Crippen molar-refractivity contribution < 1.29 is 0 Å². The highest BCUT2D eigenvalue weighted by atomic mass is 32.2. The van der Waals surface area contributed by atoms with E-state index in [1.165, 1.54) is 20.5 Å². The molecule has 0 unspecified atom stereocenters. The van der Waals surface area contributed by atoms with Crippen LogP contribution in [0, 0.1) is 0 Å². The second kappa shape index (κ2) is 3.23. The van der Waals surface area contributed by atoms with Gasteiger partial charge in [0.1, 0.15) is 4.08 Å². The second-order valence-corrected chi connectivity index (χ2v) is 9.43. The number of hydrogen-bond acceptors (Lipinski definition) is 4. The Hall–Kier alpha value is -0.290. The van der Waals surface area contributed by atoms with Crippen molar-refractivity contribution in [2.45, 2.75) is 13.7 Å². The molecule has 18 heavy (non-hydrogen) atoms. The summed E-state index contributed by atoms with van der Waals surface area (Å²) in [6.07, 6.45) is 4.76. The average molecular weight is 304 g/mol. The van der Waals surface area contributed by atoms with E-state index in [2.05, 4.69) is 46.5 Å². The first kappa shape index (κ1) is 10.5. The molecule has 0 saturated heterocycles. The van der Waals surface area contributed by atoms with Crippen molar-refractivity contribution in [1.82, 2.24) is 0 Å². The highest BCUT2D eigenvalue weighted by Gasteiger charge is 2.61. The van der Waals surface area contributed by atoms with Gasteiger partial charge in [-0.25, -0.2) is 0 Å². The van der Waals surface area contributed by atoms with E-state index in [9.17, 15) is 0 Å². The first-order valence-electron chi connectivity index (χ1n) is 5.75. The Balaban J connectivity index is 1.86. The van der Waals surface area contributed by atoms with Crippen LogP contribution in [0.25, 0.3) is 10.1 Å². The maximum Gasteiger partial charge on any atom is 0.117 e. The van der Waals surface area contributed by atoms with Crippen LogP contribution in [-0.4, -0.2) is 4.75 Å². The van der Waals surface area contributed by atoms with Gasteiger partial charge in [0.05, 0.1) is 4.75 Å². The van der Waals surface area contributed by atoms with Crippen LogP contribution in [0.5, 0.6) is 0 Å². The largest absolute Gasteiger partial charge is 0.144 e.